The van der Waals surface area contributed by atoms with Crippen LogP contribution in [-0.4, -0.2) is 17.3 Å². The van der Waals surface area contributed by atoms with Gasteiger partial charge in [0.1, 0.15) is 5.75 Å². The lowest BCUT2D eigenvalue weighted by atomic mass is 10.1. The summed E-state index contributed by atoms with van der Waals surface area (Å²) < 4.78 is 0. The number of thioether (sulfide) groups is 1. The van der Waals surface area contributed by atoms with E-state index in [-0.39, 0.29) is 17.2 Å². The molecule has 2 rings (SSSR count). The van der Waals surface area contributed by atoms with Gasteiger partial charge < -0.3 is 10.4 Å². The molecule has 0 spiro atoms. The largest absolute Gasteiger partial charge is 0.507 e. The van der Waals surface area contributed by atoms with Gasteiger partial charge in [0.25, 0.3) is 5.91 Å². The number of amides is 1. The van der Waals surface area contributed by atoms with Crippen LogP contribution in [0.15, 0.2) is 47.4 Å². The van der Waals surface area contributed by atoms with E-state index in [1.165, 1.54) is 23.1 Å². The molecule has 2 aromatic carbocycles. The van der Waals surface area contributed by atoms with Crippen LogP contribution in [0.3, 0.4) is 0 Å². The van der Waals surface area contributed by atoms with Crippen molar-refractivity contribution in [1.29, 1.82) is 0 Å². The Kier molecular flexibility index (Phi) is 4.93. The van der Waals surface area contributed by atoms with Crippen LogP contribution < -0.4 is 5.32 Å². The first-order chi connectivity index (χ1) is 9.60. The molecule has 5 heteroatoms. The van der Waals surface area contributed by atoms with Crippen molar-refractivity contribution in [3.63, 3.8) is 0 Å². The molecule has 0 radical (unpaired) electrons. The van der Waals surface area contributed by atoms with Gasteiger partial charge in [0.15, 0.2) is 0 Å². The highest BCUT2D eigenvalue weighted by Crippen LogP contribution is 2.21. The van der Waals surface area contributed by atoms with E-state index in [0.29, 0.717) is 11.6 Å². The zero-order chi connectivity index (χ0) is 14.5. The van der Waals surface area contributed by atoms with Crippen molar-refractivity contribution in [3.05, 3.63) is 58.6 Å². The molecular weight excluding hydrogens is 294 g/mol. The molecule has 104 valence electrons. The summed E-state index contributed by atoms with van der Waals surface area (Å²) in [5.41, 5.74) is 1.18. The minimum atomic E-state index is -0.348. The van der Waals surface area contributed by atoms with Crippen molar-refractivity contribution in [3.8, 4) is 5.75 Å². The quantitative estimate of drug-likeness (QED) is 0.847. The van der Waals surface area contributed by atoms with Crippen LogP contribution in [0, 0.1) is 0 Å². The molecule has 0 atom stereocenters. The second-order valence-electron chi connectivity index (χ2n) is 4.19. The number of hydrogen-bond acceptors (Lipinski definition) is 3. The summed E-state index contributed by atoms with van der Waals surface area (Å²) in [6.45, 7) is 0.402. The molecular formula is C15H14ClNO2S. The maximum absolute atomic E-state index is 12.0. The summed E-state index contributed by atoms with van der Waals surface area (Å²) in [5, 5.41) is 12.8. The molecule has 0 unspecified atom stereocenters. The monoisotopic (exact) mass is 307 g/mol. The van der Waals surface area contributed by atoms with E-state index >= 15 is 0 Å². The Balaban J connectivity index is 2.02. The average molecular weight is 308 g/mol. The van der Waals surface area contributed by atoms with E-state index in [1.54, 1.807) is 11.8 Å². The van der Waals surface area contributed by atoms with Gasteiger partial charge >= 0.3 is 0 Å². The highest BCUT2D eigenvalue weighted by Gasteiger charge is 2.11. The number of hydrogen-bond donors (Lipinski definition) is 2. The molecule has 20 heavy (non-hydrogen) atoms. The number of benzene rings is 2. The zero-order valence-electron chi connectivity index (χ0n) is 10.9. The van der Waals surface area contributed by atoms with Gasteiger partial charge in [-0.15, -0.1) is 11.8 Å². The first-order valence-electron chi connectivity index (χ1n) is 6.00. The van der Waals surface area contributed by atoms with E-state index in [9.17, 15) is 9.90 Å². The van der Waals surface area contributed by atoms with Gasteiger partial charge in [-0.1, -0.05) is 23.7 Å². The van der Waals surface area contributed by atoms with Crippen LogP contribution in [0.2, 0.25) is 5.02 Å². The lowest BCUT2D eigenvalue weighted by Gasteiger charge is -2.08. The third-order valence-corrected chi connectivity index (χ3v) is 3.79. The predicted octanol–water partition coefficient (Wildman–Crippen LogP) is 3.70. The van der Waals surface area contributed by atoms with Crippen molar-refractivity contribution >= 4 is 29.3 Å². The number of aromatic hydroxyl groups is 1. The average Bonchev–Trinajstić information content (AvgIpc) is 2.47. The van der Waals surface area contributed by atoms with Crippen molar-refractivity contribution in [2.75, 3.05) is 6.26 Å². The number of carbonyl (C=O) groups excluding carboxylic acids is 1. The topological polar surface area (TPSA) is 49.3 Å². The normalized spacial score (nSPS) is 10.3. The van der Waals surface area contributed by atoms with Gasteiger partial charge in [0, 0.05) is 16.5 Å². The van der Waals surface area contributed by atoms with Crippen LogP contribution in [0.5, 0.6) is 5.75 Å². The molecule has 1 amide bonds. The summed E-state index contributed by atoms with van der Waals surface area (Å²) in [6.07, 6.45) is 2.01. The second-order valence-corrected chi connectivity index (χ2v) is 5.51. The Morgan fingerprint density at radius 3 is 2.60 bits per heavy atom. The molecule has 0 bridgehead atoms. The summed E-state index contributed by atoms with van der Waals surface area (Å²) in [7, 11) is 0. The molecule has 0 aliphatic carbocycles. The molecule has 3 nitrogen and oxygen atoms in total. The Labute approximate surface area is 127 Å². The highest BCUT2D eigenvalue weighted by molar-refractivity contribution is 7.98. The van der Waals surface area contributed by atoms with Gasteiger partial charge in [-0.2, -0.15) is 0 Å². The number of phenolic OH excluding ortho intramolecular Hbond substituents is 1. The molecule has 0 aliphatic rings. The van der Waals surface area contributed by atoms with Gasteiger partial charge in [0.2, 0.25) is 0 Å². The predicted molar refractivity (Wildman–Crippen MR) is 82.5 cm³/mol. The SMILES string of the molecule is CSc1ccc(CNC(=O)c2cc(Cl)ccc2O)cc1. The van der Waals surface area contributed by atoms with Crippen molar-refractivity contribution in [2.45, 2.75) is 11.4 Å². The molecule has 0 heterocycles. The maximum Gasteiger partial charge on any atom is 0.255 e. The van der Waals surface area contributed by atoms with Crippen molar-refractivity contribution in [1.82, 2.24) is 5.32 Å². The van der Waals surface area contributed by atoms with Crippen LogP contribution in [0.1, 0.15) is 15.9 Å². The number of nitrogens with one attached hydrogen (secondary N) is 1. The lowest BCUT2D eigenvalue weighted by molar-refractivity contribution is 0.0948. The lowest BCUT2D eigenvalue weighted by Crippen LogP contribution is -2.22. The Bertz CT molecular complexity index is 614. The van der Waals surface area contributed by atoms with Gasteiger partial charge in [0.05, 0.1) is 5.56 Å². The number of rotatable bonds is 4. The smallest absolute Gasteiger partial charge is 0.255 e. The molecule has 2 aromatic rings. The molecule has 0 saturated carbocycles. The Morgan fingerprint density at radius 1 is 1.25 bits per heavy atom. The second kappa shape index (κ2) is 6.68. The van der Waals surface area contributed by atoms with Crippen LogP contribution in [0.25, 0.3) is 0 Å². The fourth-order valence-corrected chi connectivity index (χ4v) is 2.29. The standard InChI is InChI=1S/C15H14ClNO2S/c1-20-12-5-2-10(3-6-12)9-17-15(19)13-8-11(16)4-7-14(13)18/h2-8,18H,9H2,1H3,(H,17,19). The maximum atomic E-state index is 12.0. The van der Waals surface area contributed by atoms with E-state index in [2.05, 4.69) is 5.32 Å². The third kappa shape index (κ3) is 3.68. The van der Waals surface area contributed by atoms with Crippen LogP contribution in [0.4, 0.5) is 0 Å². The zero-order valence-corrected chi connectivity index (χ0v) is 12.5. The number of phenols is 1. The summed E-state index contributed by atoms with van der Waals surface area (Å²) >= 11 is 7.49. The van der Waals surface area contributed by atoms with E-state index in [0.717, 1.165) is 5.56 Å². The summed E-state index contributed by atoms with van der Waals surface area (Å²) in [6, 6.07) is 12.3. The van der Waals surface area contributed by atoms with Gasteiger partial charge in [-0.25, -0.2) is 0 Å². The van der Waals surface area contributed by atoms with E-state index < -0.39 is 0 Å². The van der Waals surface area contributed by atoms with Crippen LogP contribution in [-0.2, 0) is 6.54 Å². The van der Waals surface area contributed by atoms with E-state index in [1.807, 2.05) is 30.5 Å². The first-order valence-corrected chi connectivity index (χ1v) is 7.60. The van der Waals surface area contributed by atoms with Crippen LogP contribution >= 0.6 is 23.4 Å². The Morgan fingerprint density at radius 2 is 1.95 bits per heavy atom. The number of halogens is 1. The minimum absolute atomic E-state index is 0.0790. The highest BCUT2D eigenvalue weighted by atomic mass is 35.5. The van der Waals surface area contributed by atoms with Gasteiger partial charge in [-0.05, 0) is 42.2 Å². The minimum Gasteiger partial charge on any atom is -0.507 e. The summed E-state index contributed by atoms with van der Waals surface area (Å²) in [4.78, 5) is 13.2. The fraction of sp³-hybridized carbons (Fsp3) is 0.133. The van der Waals surface area contributed by atoms with Crippen molar-refractivity contribution < 1.29 is 9.90 Å². The number of carbonyl (C=O) groups is 1. The third-order valence-electron chi connectivity index (χ3n) is 2.82. The first kappa shape index (κ1) is 14.8. The molecule has 0 aliphatic heterocycles. The van der Waals surface area contributed by atoms with Crippen molar-refractivity contribution in [2.24, 2.45) is 0 Å². The molecule has 0 fully saturated rings. The van der Waals surface area contributed by atoms with Gasteiger partial charge in [-0.3, -0.25) is 4.79 Å². The molecule has 2 N–H and O–H groups in total. The molecule has 0 aromatic heterocycles. The Hall–Kier alpha value is -1.65. The molecule has 0 saturated heterocycles. The van der Waals surface area contributed by atoms with E-state index in [4.69, 9.17) is 11.6 Å². The fourth-order valence-electron chi connectivity index (χ4n) is 1.71. The summed E-state index contributed by atoms with van der Waals surface area (Å²) in [5.74, 6) is -0.427.